The van der Waals surface area contributed by atoms with Crippen LogP contribution < -0.4 is 5.73 Å². The Bertz CT molecular complexity index is 538. The van der Waals surface area contributed by atoms with Crippen LogP contribution >= 0.6 is 0 Å². The molecule has 30 heavy (non-hydrogen) atoms. The molecule has 0 bridgehead atoms. The Morgan fingerprint density at radius 1 is 1.07 bits per heavy atom. The Balaban J connectivity index is 0.000000696. The van der Waals surface area contributed by atoms with E-state index in [1.54, 1.807) is 0 Å². The minimum atomic E-state index is -0.401. The van der Waals surface area contributed by atoms with Gasteiger partial charge in [-0.05, 0) is 52.7 Å². The maximum absolute atomic E-state index is 12.0. The number of piperazine rings is 1. The zero-order valence-electron chi connectivity index (χ0n) is 20.8. The lowest BCUT2D eigenvalue weighted by molar-refractivity contribution is 0.00955. The molecule has 2 N–H and O–H groups in total. The van der Waals surface area contributed by atoms with E-state index >= 15 is 0 Å². The molecule has 1 atom stereocenters. The number of ether oxygens (including phenoxy) is 1. The van der Waals surface area contributed by atoms with Crippen molar-refractivity contribution in [2.24, 2.45) is 0 Å². The third-order valence-electron chi connectivity index (χ3n) is 4.92. The fraction of sp³-hybridized carbons (Fsp3) is 0.720. The summed E-state index contributed by atoms with van der Waals surface area (Å²) in [6.45, 7) is 19.8. The summed E-state index contributed by atoms with van der Waals surface area (Å²) in [6, 6.07) is 8.46. The molecule has 1 unspecified atom stereocenters. The maximum Gasteiger partial charge on any atom is 0.410 e. The normalized spacial score (nSPS) is 15.3. The van der Waals surface area contributed by atoms with Crippen LogP contribution in [0.2, 0.25) is 0 Å². The maximum atomic E-state index is 12.0. The van der Waals surface area contributed by atoms with Crippen molar-refractivity contribution < 1.29 is 9.53 Å². The molecule has 0 aromatic heterocycles. The van der Waals surface area contributed by atoms with Crippen molar-refractivity contribution in [3.8, 4) is 0 Å². The summed E-state index contributed by atoms with van der Waals surface area (Å²) >= 11 is 0. The summed E-state index contributed by atoms with van der Waals surface area (Å²) in [6.07, 6.45) is 4.86. The second-order valence-corrected chi connectivity index (χ2v) is 8.62. The average molecular weight is 422 g/mol. The Labute approximate surface area is 186 Å². The van der Waals surface area contributed by atoms with E-state index in [0.717, 1.165) is 31.9 Å². The summed E-state index contributed by atoms with van der Waals surface area (Å²) in [4.78, 5) is 16.4. The molecule has 5 nitrogen and oxygen atoms in total. The quantitative estimate of drug-likeness (QED) is 0.583. The smallest absolute Gasteiger partial charge is 0.410 e. The van der Waals surface area contributed by atoms with Gasteiger partial charge < -0.3 is 15.4 Å². The second kappa shape index (κ2) is 15.1. The number of anilines is 1. The zero-order valence-corrected chi connectivity index (χ0v) is 20.8. The van der Waals surface area contributed by atoms with E-state index in [0.29, 0.717) is 6.04 Å². The van der Waals surface area contributed by atoms with Gasteiger partial charge in [0.2, 0.25) is 0 Å². The molecule has 1 amide bonds. The van der Waals surface area contributed by atoms with Crippen LogP contribution in [0.25, 0.3) is 0 Å². The van der Waals surface area contributed by atoms with E-state index in [4.69, 9.17) is 10.5 Å². The first kappa shape index (κ1) is 28.2. The van der Waals surface area contributed by atoms with Gasteiger partial charge in [-0.15, -0.1) is 0 Å². The molecule has 1 heterocycles. The standard InChI is InChI=1S/C16H32N2O2.C7H9N.C2H6/c1-6-8-9-14(7-2)17-10-12-18(13-11-17)15(19)20-16(3,4)5;1-6-2-4-7(8)5-3-6;1-2/h14H,6-13H2,1-5H3;2-5H,8H2,1H3;1-2H3. The first-order chi connectivity index (χ1) is 14.2. The number of rotatable bonds is 5. The Morgan fingerprint density at radius 3 is 2.00 bits per heavy atom. The number of benzene rings is 1. The number of nitrogens with zero attached hydrogens (tertiary/aromatic N) is 2. The summed E-state index contributed by atoms with van der Waals surface area (Å²) in [7, 11) is 0. The number of unbranched alkanes of at least 4 members (excludes halogenated alkanes) is 1. The molecule has 1 fully saturated rings. The van der Waals surface area contributed by atoms with Gasteiger partial charge >= 0.3 is 6.09 Å². The molecule has 1 aliphatic heterocycles. The third-order valence-corrected chi connectivity index (χ3v) is 4.92. The Kier molecular flexibility index (Phi) is 14.2. The van der Waals surface area contributed by atoms with Crippen LogP contribution in [-0.4, -0.2) is 53.7 Å². The predicted molar refractivity (Wildman–Crippen MR) is 130 cm³/mol. The van der Waals surface area contributed by atoms with Crippen LogP contribution in [0.5, 0.6) is 0 Å². The highest BCUT2D eigenvalue weighted by molar-refractivity contribution is 5.68. The molecule has 0 spiro atoms. The number of aryl methyl sites for hydroxylation is 1. The highest BCUT2D eigenvalue weighted by atomic mass is 16.6. The van der Waals surface area contributed by atoms with Crippen LogP contribution in [-0.2, 0) is 4.74 Å². The molecular weight excluding hydrogens is 374 g/mol. The fourth-order valence-electron chi connectivity index (χ4n) is 3.25. The summed E-state index contributed by atoms with van der Waals surface area (Å²) in [5, 5.41) is 0. The summed E-state index contributed by atoms with van der Waals surface area (Å²) in [5.41, 5.74) is 7.10. The molecule has 1 aromatic rings. The number of carbonyl (C=O) groups is 1. The predicted octanol–water partition coefficient (Wildman–Crippen LogP) is 6.11. The van der Waals surface area contributed by atoms with E-state index in [-0.39, 0.29) is 6.09 Å². The first-order valence-corrected chi connectivity index (χ1v) is 11.7. The monoisotopic (exact) mass is 421 g/mol. The van der Waals surface area contributed by atoms with Gasteiger partial charge in [0.15, 0.2) is 0 Å². The highest BCUT2D eigenvalue weighted by Gasteiger charge is 2.27. The summed E-state index contributed by atoms with van der Waals surface area (Å²) < 4.78 is 5.43. The minimum Gasteiger partial charge on any atom is -0.444 e. The van der Waals surface area contributed by atoms with E-state index in [1.165, 1.54) is 31.2 Å². The van der Waals surface area contributed by atoms with Gasteiger partial charge in [-0.25, -0.2) is 4.79 Å². The number of amides is 1. The van der Waals surface area contributed by atoms with Crippen molar-refractivity contribution in [2.45, 2.75) is 92.7 Å². The van der Waals surface area contributed by atoms with Crippen LogP contribution in [0.4, 0.5) is 10.5 Å². The molecule has 1 saturated heterocycles. The van der Waals surface area contributed by atoms with Crippen molar-refractivity contribution in [3.63, 3.8) is 0 Å². The van der Waals surface area contributed by atoms with Crippen molar-refractivity contribution >= 4 is 11.8 Å². The SMILES string of the molecule is CC.CCCCC(CC)N1CCN(C(=O)OC(C)(C)C)CC1.Cc1ccc(N)cc1. The molecule has 5 heteroatoms. The lowest BCUT2D eigenvalue weighted by Crippen LogP contribution is -2.52. The van der Waals surface area contributed by atoms with Crippen molar-refractivity contribution in [2.75, 3.05) is 31.9 Å². The van der Waals surface area contributed by atoms with Gasteiger partial charge in [0.05, 0.1) is 0 Å². The minimum absolute atomic E-state index is 0.168. The van der Waals surface area contributed by atoms with Crippen LogP contribution in [0.3, 0.4) is 0 Å². The fourth-order valence-corrected chi connectivity index (χ4v) is 3.25. The van der Waals surface area contributed by atoms with Crippen LogP contribution in [0, 0.1) is 6.92 Å². The molecule has 174 valence electrons. The van der Waals surface area contributed by atoms with Crippen LogP contribution in [0.1, 0.15) is 79.7 Å². The van der Waals surface area contributed by atoms with E-state index in [2.05, 4.69) is 18.7 Å². The molecule has 1 aromatic carbocycles. The van der Waals surface area contributed by atoms with Gasteiger partial charge in [0, 0.05) is 37.9 Å². The molecule has 0 saturated carbocycles. The lowest BCUT2D eigenvalue weighted by atomic mass is 10.0. The lowest BCUT2D eigenvalue weighted by Gasteiger charge is -2.39. The van der Waals surface area contributed by atoms with Crippen molar-refractivity contribution in [1.82, 2.24) is 9.80 Å². The van der Waals surface area contributed by atoms with Crippen molar-refractivity contribution in [3.05, 3.63) is 29.8 Å². The Morgan fingerprint density at radius 2 is 1.60 bits per heavy atom. The second-order valence-electron chi connectivity index (χ2n) is 8.62. The van der Waals surface area contributed by atoms with E-state index < -0.39 is 5.60 Å². The number of nitrogen functional groups attached to an aromatic ring is 1. The molecule has 1 aliphatic rings. The van der Waals surface area contributed by atoms with E-state index in [9.17, 15) is 4.79 Å². The Hall–Kier alpha value is -1.75. The first-order valence-electron chi connectivity index (χ1n) is 11.7. The van der Waals surface area contributed by atoms with E-state index in [1.807, 2.05) is 70.7 Å². The van der Waals surface area contributed by atoms with Gasteiger partial charge in [-0.3, -0.25) is 4.90 Å². The molecule has 2 rings (SSSR count). The number of hydrogen-bond donors (Lipinski definition) is 1. The number of hydrogen-bond acceptors (Lipinski definition) is 4. The summed E-state index contributed by atoms with van der Waals surface area (Å²) in [5.74, 6) is 0. The van der Waals surface area contributed by atoms with Gasteiger partial charge in [0.1, 0.15) is 5.60 Å². The number of nitrogens with two attached hydrogens (primary N) is 1. The van der Waals surface area contributed by atoms with Crippen LogP contribution in [0.15, 0.2) is 24.3 Å². The molecule has 0 aliphatic carbocycles. The van der Waals surface area contributed by atoms with Gasteiger partial charge in [0.25, 0.3) is 0 Å². The molecular formula is C25H47N3O2. The van der Waals surface area contributed by atoms with Gasteiger partial charge in [-0.1, -0.05) is 58.2 Å². The average Bonchev–Trinajstić information content (AvgIpc) is 2.72. The largest absolute Gasteiger partial charge is 0.444 e. The number of carbonyl (C=O) groups excluding carboxylic acids is 1. The van der Waals surface area contributed by atoms with Crippen molar-refractivity contribution in [1.29, 1.82) is 0 Å². The third kappa shape index (κ3) is 12.1. The molecule has 0 radical (unpaired) electrons. The van der Waals surface area contributed by atoms with Gasteiger partial charge in [-0.2, -0.15) is 0 Å². The highest BCUT2D eigenvalue weighted by Crippen LogP contribution is 2.17. The topological polar surface area (TPSA) is 58.8 Å². The zero-order chi connectivity index (χ0) is 23.2.